The Morgan fingerprint density at radius 2 is 2.00 bits per heavy atom. The van der Waals surface area contributed by atoms with Crippen molar-refractivity contribution < 1.29 is 5.11 Å². The van der Waals surface area contributed by atoms with E-state index in [-0.39, 0.29) is 12.1 Å². The van der Waals surface area contributed by atoms with Gasteiger partial charge in [-0.2, -0.15) is 0 Å². The van der Waals surface area contributed by atoms with Crippen molar-refractivity contribution in [1.82, 2.24) is 10.3 Å². The molecule has 0 saturated carbocycles. The summed E-state index contributed by atoms with van der Waals surface area (Å²) in [4.78, 5) is 4.15. The van der Waals surface area contributed by atoms with Gasteiger partial charge in [-0.15, -0.1) is 0 Å². The summed E-state index contributed by atoms with van der Waals surface area (Å²) in [6.45, 7) is 0.870. The first-order chi connectivity index (χ1) is 11.3. The highest BCUT2D eigenvalue weighted by Crippen LogP contribution is 2.36. The molecule has 1 heterocycles. The van der Waals surface area contributed by atoms with Gasteiger partial charge in [-0.05, 0) is 47.1 Å². The summed E-state index contributed by atoms with van der Waals surface area (Å²) >= 11 is 0. The van der Waals surface area contributed by atoms with Crippen LogP contribution in [0.5, 0.6) is 0 Å². The molecule has 1 atom stereocenters. The average Bonchev–Trinajstić information content (AvgIpc) is 2.99. The van der Waals surface area contributed by atoms with Crippen LogP contribution in [0.3, 0.4) is 0 Å². The summed E-state index contributed by atoms with van der Waals surface area (Å²) in [5.74, 6) is 0. The highest BCUT2D eigenvalue weighted by atomic mass is 16.3. The molecule has 4 rings (SSSR count). The molecule has 0 aliphatic heterocycles. The molecule has 0 bridgehead atoms. The van der Waals surface area contributed by atoms with E-state index in [0.717, 1.165) is 24.8 Å². The molecule has 3 aromatic rings. The summed E-state index contributed by atoms with van der Waals surface area (Å²) < 4.78 is 0. The van der Waals surface area contributed by atoms with Gasteiger partial charge in [0.2, 0.25) is 0 Å². The number of nitrogens with one attached hydrogen (secondary N) is 1. The number of fused-ring (bicyclic) bond motifs is 2. The van der Waals surface area contributed by atoms with Crippen molar-refractivity contribution in [2.24, 2.45) is 0 Å². The largest absolute Gasteiger partial charge is 0.394 e. The van der Waals surface area contributed by atoms with Crippen molar-refractivity contribution in [2.45, 2.75) is 24.9 Å². The third-order valence-electron chi connectivity index (χ3n) is 4.96. The quantitative estimate of drug-likeness (QED) is 0.778. The Hall–Kier alpha value is -2.23. The fraction of sp³-hybridized carbons (Fsp3) is 0.250. The first kappa shape index (κ1) is 14.4. The van der Waals surface area contributed by atoms with Gasteiger partial charge in [0, 0.05) is 24.3 Å². The number of aryl methyl sites for hydroxylation is 1. The number of benzene rings is 2. The van der Waals surface area contributed by atoms with Gasteiger partial charge in [-0.25, -0.2) is 0 Å². The van der Waals surface area contributed by atoms with Crippen LogP contribution in [0.1, 0.15) is 23.1 Å². The van der Waals surface area contributed by atoms with E-state index in [0.29, 0.717) is 0 Å². The summed E-state index contributed by atoms with van der Waals surface area (Å²) in [6.07, 6.45) is 5.67. The Kier molecular flexibility index (Phi) is 3.60. The molecule has 0 radical (unpaired) electrons. The van der Waals surface area contributed by atoms with Gasteiger partial charge in [0.05, 0.1) is 12.1 Å². The molecule has 1 unspecified atom stereocenters. The lowest BCUT2D eigenvalue weighted by Crippen LogP contribution is -2.43. The Labute approximate surface area is 136 Å². The molecule has 1 aliphatic carbocycles. The maximum absolute atomic E-state index is 10.0. The number of aliphatic hydroxyl groups is 1. The van der Waals surface area contributed by atoms with E-state index in [1.807, 2.05) is 18.5 Å². The predicted octanol–water partition coefficient (Wildman–Crippen LogP) is 3.16. The minimum Gasteiger partial charge on any atom is -0.394 e. The van der Waals surface area contributed by atoms with Crippen LogP contribution in [0.4, 0.5) is 0 Å². The molecule has 1 aromatic heterocycles. The fourth-order valence-electron chi connectivity index (χ4n) is 3.61. The van der Waals surface area contributed by atoms with Crippen molar-refractivity contribution in [3.05, 3.63) is 77.6 Å². The Morgan fingerprint density at radius 3 is 2.91 bits per heavy atom. The van der Waals surface area contributed by atoms with Crippen molar-refractivity contribution in [2.75, 3.05) is 6.61 Å². The molecule has 116 valence electrons. The number of nitrogens with zero attached hydrogens (tertiary/aromatic N) is 1. The second-order valence-corrected chi connectivity index (χ2v) is 6.31. The van der Waals surface area contributed by atoms with Crippen LogP contribution >= 0.6 is 0 Å². The molecule has 0 amide bonds. The maximum Gasteiger partial charge on any atom is 0.0677 e. The SMILES string of the molecule is OCC1(NCc2ccc3cnccc3c2)CCc2ccccc21. The predicted molar refractivity (Wildman–Crippen MR) is 92.1 cm³/mol. The van der Waals surface area contributed by atoms with E-state index in [4.69, 9.17) is 0 Å². The zero-order valence-corrected chi connectivity index (χ0v) is 13.0. The normalized spacial score (nSPS) is 19.9. The topological polar surface area (TPSA) is 45.1 Å². The zero-order chi connectivity index (χ0) is 15.7. The monoisotopic (exact) mass is 304 g/mol. The van der Waals surface area contributed by atoms with Gasteiger partial charge in [0.1, 0.15) is 0 Å². The first-order valence-corrected chi connectivity index (χ1v) is 8.08. The fourth-order valence-corrected chi connectivity index (χ4v) is 3.61. The lowest BCUT2D eigenvalue weighted by atomic mass is 9.92. The molecule has 0 fully saturated rings. The minimum absolute atomic E-state index is 0.127. The van der Waals surface area contributed by atoms with Crippen molar-refractivity contribution in [3.63, 3.8) is 0 Å². The number of pyridine rings is 1. The molecular weight excluding hydrogens is 284 g/mol. The first-order valence-electron chi connectivity index (χ1n) is 8.08. The highest BCUT2D eigenvalue weighted by Gasteiger charge is 2.37. The molecule has 2 N–H and O–H groups in total. The zero-order valence-electron chi connectivity index (χ0n) is 13.0. The van der Waals surface area contributed by atoms with Crippen LogP contribution < -0.4 is 5.32 Å². The van der Waals surface area contributed by atoms with Crippen LogP contribution in [0.25, 0.3) is 10.8 Å². The second kappa shape index (κ2) is 5.76. The summed E-state index contributed by atoms with van der Waals surface area (Å²) in [5, 5.41) is 16.0. The third-order valence-corrected chi connectivity index (χ3v) is 4.96. The Morgan fingerprint density at radius 1 is 1.09 bits per heavy atom. The van der Waals surface area contributed by atoms with Crippen LogP contribution in [-0.4, -0.2) is 16.7 Å². The number of rotatable bonds is 4. The van der Waals surface area contributed by atoms with Gasteiger partial charge >= 0.3 is 0 Å². The summed E-state index contributed by atoms with van der Waals surface area (Å²) in [5.41, 5.74) is 3.50. The lowest BCUT2D eigenvalue weighted by molar-refractivity contribution is 0.159. The number of hydrogen-bond acceptors (Lipinski definition) is 3. The minimum atomic E-state index is -0.316. The third kappa shape index (κ3) is 2.52. The smallest absolute Gasteiger partial charge is 0.0677 e. The summed E-state index contributed by atoms with van der Waals surface area (Å²) in [6, 6.07) is 16.9. The van der Waals surface area contributed by atoms with Crippen LogP contribution in [-0.2, 0) is 18.5 Å². The highest BCUT2D eigenvalue weighted by molar-refractivity contribution is 5.81. The van der Waals surface area contributed by atoms with Crippen LogP contribution in [0.2, 0.25) is 0 Å². The lowest BCUT2D eigenvalue weighted by Gasteiger charge is -2.30. The maximum atomic E-state index is 10.0. The van der Waals surface area contributed by atoms with Gasteiger partial charge in [0.15, 0.2) is 0 Å². The van der Waals surface area contributed by atoms with Gasteiger partial charge in [-0.1, -0.05) is 36.4 Å². The van der Waals surface area contributed by atoms with Gasteiger partial charge in [0.25, 0.3) is 0 Å². The van der Waals surface area contributed by atoms with Crippen molar-refractivity contribution in [1.29, 1.82) is 0 Å². The number of aliphatic hydroxyl groups excluding tert-OH is 1. The number of hydrogen-bond donors (Lipinski definition) is 2. The second-order valence-electron chi connectivity index (χ2n) is 6.31. The molecule has 23 heavy (non-hydrogen) atoms. The Bertz CT molecular complexity index is 846. The van der Waals surface area contributed by atoms with Crippen molar-refractivity contribution in [3.8, 4) is 0 Å². The van der Waals surface area contributed by atoms with E-state index in [9.17, 15) is 5.11 Å². The van der Waals surface area contributed by atoms with Crippen LogP contribution in [0.15, 0.2) is 60.9 Å². The molecule has 0 spiro atoms. The van der Waals surface area contributed by atoms with E-state index in [1.54, 1.807) is 0 Å². The molecule has 1 aliphatic rings. The van der Waals surface area contributed by atoms with Crippen LogP contribution in [0, 0.1) is 0 Å². The molecular formula is C20H20N2O. The summed E-state index contributed by atoms with van der Waals surface area (Å²) in [7, 11) is 0. The molecule has 2 aromatic carbocycles. The molecule has 3 heteroatoms. The van der Waals surface area contributed by atoms with Gasteiger partial charge < -0.3 is 10.4 Å². The van der Waals surface area contributed by atoms with Gasteiger partial charge in [-0.3, -0.25) is 4.98 Å². The Balaban J connectivity index is 1.59. The molecule has 3 nitrogen and oxygen atoms in total. The van der Waals surface area contributed by atoms with E-state index >= 15 is 0 Å². The van der Waals surface area contributed by atoms with E-state index in [1.165, 1.54) is 22.1 Å². The van der Waals surface area contributed by atoms with E-state index < -0.39 is 0 Å². The van der Waals surface area contributed by atoms with Crippen molar-refractivity contribution >= 4 is 10.8 Å². The van der Waals surface area contributed by atoms with E-state index in [2.05, 4.69) is 52.8 Å². The molecule has 0 saturated heterocycles. The average molecular weight is 304 g/mol. The number of aromatic nitrogens is 1. The standard InChI is InChI=1S/C20H20N2O/c23-14-20(9-7-16-3-1-2-4-19(16)20)22-12-15-5-6-18-13-21-10-8-17(18)11-15/h1-6,8,10-11,13,22-23H,7,9,12,14H2.